The summed E-state index contributed by atoms with van der Waals surface area (Å²) >= 11 is 0. The molecule has 1 saturated carbocycles. The van der Waals surface area contributed by atoms with Crippen molar-refractivity contribution in [2.75, 3.05) is 19.0 Å². The number of anilines is 1. The monoisotopic (exact) mass is 223 g/mol. The molecule has 2 rings (SSSR count). The molecule has 88 valence electrons. The number of hydrogen-bond acceptors (Lipinski definition) is 5. The minimum Gasteiger partial charge on any atom is -0.481 e. The summed E-state index contributed by atoms with van der Waals surface area (Å²) in [6.07, 6.45) is 2.79. The van der Waals surface area contributed by atoms with Gasteiger partial charge >= 0.3 is 0 Å². The first-order chi connectivity index (χ1) is 7.61. The van der Waals surface area contributed by atoms with Crippen LogP contribution in [0.5, 0.6) is 5.88 Å². The third kappa shape index (κ3) is 2.41. The van der Waals surface area contributed by atoms with Crippen LogP contribution >= 0.6 is 0 Å². The largest absolute Gasteiger partial charge is 0.481 e. The van der Waals surface area contributed by atoms with Crippen molar-refractivity contribution in [3.05, 3.63) is 11.8 Å². The lowest BCUT2D eigenvalue weighted by Gasteiger charge is -2.36. The Bertz CT molecular complexity index is 377. The molecule has 0 bridgehead atoms. The van der Waals surface area contributed by atoms with E-state index in [1.807, 2.05) is 6.92 Å². The number of nitrogens with zero attached hydrogens (tertiary/aromatic N) is 2. The van der Waals surface area contributed by atoms with E-state index in [0.29, 0.717) is 18.4 Å². The maximum atomic E-state index is 9.92. The van der Waals surface area contributed by atoms with E-state index in [2.05, 4.69) is 15.3 Å². The van der Waals surface area contributed by atoms with Crippen LogP contribution in [0.1, 0.15) is 25.0 Å². The number of hydrogen-bond donors (Lipinski definition) is 2. The van der Waals surface area contributed by atoms with Gasteiger partial charge < -0.3 is 15.2 Å². The highest BCUT2D eigenvalue weighted by atomic mass is 16.5. The topological polar surface area (TPSA) is 67.3 Å². The van der Waals surface area contributed by atoms with Crippen LogP contribution in [0.15, 0.2) is 6.07 Å². The molecule has 0 radical (unpaired) electrons. The van der Waals surface area contributed by atoms with Gasteiger partial charge in [-0.25, -0.2) is 4.98 Å². The first-order valence-electron chi connectivity index (χ1n) is 5.47. The lowest BCUT2D eigenvalue weighted by molar-refractivity contribution is -0.0203. The lowest BCUT2D eigenvalue weighted by Crippen LogP contribution is -2.43. The lowest BCUT2D eigenvalue weighted by atomic mass is 9.80. The summed E-state index contributed by atoms with van der Waals surface area (Å²) in [5.74, 6) is 1.05. The van der Waals surface area contributed by atoms with E-state index < -0.39 is 5.60 Å². The van der Waals surface area contributed by atoms with E-state index in [1.54, 1.807) is 13.2 Å². The van der Waals surface area contributed by atoms with E-state index in [-0.39, 0.29) is 0 Å². The maximum absolute atomic E-state index is 9.92. The molecule has 0 unspecified atom stereocenters. The molecule has 1 aliphatic carbocycles. The van der Waals surface area contributed by atoms with Crippen molar-refractivity contribution in [3.63, 3.8) is 0 Å². The van der Waals surface area contributed by atoms with E-state index in [9.17, 15) is 5.11 Å². The van der Waals surface area contributed by atoms with Gasteiger partial charge in [0, 0.05) is 18.3 Å². The van der Waals surface area contributed by atoms with Gasteiger partial charge in [-0.1, -0.05) is 0 Å². The smallest absolute Gasteiger partial charge is 0.226 e. The highest BCUT2D eigenvalue weighted by molar-refractivity contribution is 5.31. The fourth-order valence-electron chi connectivity index (χ4n) is 1.73. The molecule has 0 aromatic carbocycles. The van der Waals surface area contributed by atoms with E-state index in [0.717, 1.165) is 25.0 Å². The normalized spacial score (nSPS) is 17.7. The second-order valence-electron chi connectivity index (χ2n) is 4.31. The molecule has 0 aliphatic heterocycles. The molecular weight excluding hydrogens is 206 g/mol. The molecule has 0 atom stereocenters. The van der Waals surface area contributed by atoms with Crippen LogP contribution in [-0.2, 0) is 0 Å². The van der Waals surface area contributed by atoms with Crippen LogP contribution in [0.4, 0.5) is 5.95 Å². The zero-order valence-electron chi connectivity index (χ0n) is 9.66. The quantitative estimate of drug-likeness (QED) is 0.800. The molecule has 0 spiro atoms. The van der Waals surface area contributed by atoms with Gasteiger partial charge in [-0.2, -0.15) is 4.98 Å². The van der Waals surface area contributed by atoms with Crippen molar-refractivity contribution in [2.24, 2.45) is 0 Å². The van der Waals surface area contributed by atoms with Crippen molar-refractivity contribution in [2.45, 2.75) is 31.8 Å². The Labute approximate surface area is 94.9 Å². The standard InChI is InChI=1S/C11H17N3O2/c1-8-6-9(16-2)14-10(13-8)12-7-11(15)4-3-5-11/h6,15H,3-5,7H2,1-2H3,(H,12,13,14). The number of aliphatic hydroxyl groups is 1. The molecule has 5 nitrogen and oxygen atoms in total. The first-order valence-corrected chi connectivity index (χ1v) is 5.47. The average Bonchev–Trinajstić information content (AvgIpc) is 2.23. The van der Waals surface area contributed by atoms with E-state index in [1.165, 1.54) is 0 Å². The Morgan fingerprint density at radius 1 is 1.50 bits per heavy atom. The van der Waals surface area contributed by atoms with E-state index >= 15 is 0 Å². The summed E-state index contributed by atoms with van der Waals surface area (Å²) in [7, 11) is 1.57. The number of nitrogens with one attached hydrogen (secondary N) is 1. The summed E-state index contributed by atoms with van der Waals surface area (Å²) < 4.78 is 5.05. The highest BCUT2D eigenvalue weighted by Crippen LogP contribution is 2.31. The predicted molar refractivity (Wildman–Crippen MR) is 60.6 cm³/mol. The number of methoxy groups -OCH3 is 1. The molecule has 5 heteroatoms. The third-order valence-electron chi connectivity index (χ3n) is 2.90. The molecule has 1 aromatic rings. The number of ether oxygens (including phenoxy) is 1. The van der Waals surface area contributed by atoms with Gasteiger partial charge in [-0.15, -0.1) is 0 Å². The molecular formula is C11H17N3O2. The predicted octanol–water partition coefficient (Wildman–Crippen LogP) is 1.12. The Hall–Kier alpha value is -1.36. The minimum absolute atomic E-state index is 0.500. The minimum atomic E-state index is -0.569. The van der Waals surface area contributed by atoms with Crippen LogP contribution in [0.25, 0.3) is 0 Å². The highest BCUT2D eigenvalue weighted by Gasteiger charge is 2.34. The van der Waals surface area contributed by atoms with Gasteiger partial charge in [0.15, 0.2) is 0 Å². The van der Waals surface area contributed by atoms with Gasteiger partial charge in [-0.05, 0) is 26.2 Å². The van der Waals surface area contributed by atoms with Gasteiger partial charge in [0.1, 0.15) is 0 Å². The average molecular weight is 223 g/mol. The molecule has 1 aliphatic rings. The van der Waals surface area contributed by atoms with Crippen molar-refractivity contribution < 1.29 is 9.84 Å². The second-order valence-corrected chi connectivity index (χ2v) is 4.31. The SMILES string of the molecule is COc1cc(C)nc(NCC2(O)CCC2)n1. The number of rotatable bonds is 4. The van der Waals surface area contributed by atoms with Crippen molar-refractivity contribution in [1.29, 1.82) is 0 Å². The summed E-state index contributed by atoms with van der Waals surface area (Å²) in [6.45, 7) is 2.38. The van der Waals surface area contributed by atoms with Crippen LogP contribution in [0.2, 0.25) is 0 Å². The first kappa shape index (κ1) is 11.1. The van der Waals surface area contributed by atoms with Gasteiger partial charge in [0.05, 0.1) is 12.7 Å². The number of aryl methyl sites for hydroxylation is 1. The molecule has 0 saturated heterocycles. The van der Waals surface area contributed by atoms with E-state index in [4.69, 9.17) is 4.74 Å². The van der Waals surface area contributed by atoms with Crippen LogP contribution in [-0.4, -0.2) is 34.3 Å². The molecule has 1 aromatic heterocycles. The van der Waals surface area contributed by atoms with Gasteiger partial charge in [0.25, 0.3) is 0 Å². The number of aromatic nitrogens is 2. The van der Waals surface area contributed by atoms with Crippen LogP contribution < -0.4 is 10.1 Å². The summed E-state index contributed by atoms with van der Waals surface area (Å²) in [5.41, 5.74) is 0.273. The van der Waals surface area contributed by atoms with Crippen molar-refractivity contribution in [3.8, 4) is 5.88 Å². The molecule has 1 heterocycles. The Kier molecular flexibility index (Phi) is 2.96. The second kappa shape index (κ2) is 4.25. The van der Waals surface area contributed by atoms with Gasteiger partial charge in [-0.3, -0.25) is 0 Å². The molecule has 0 amide bonds. The fourth-order valence-corrected chi connectivity index (χ4v) is 1.73. The van der Waals surface area contributed by atoms with Crippen molar-refractivity contribution in [1.82, 2.24) is 9.97 Å². The fraction of sp³-hybridized carbons (Fsp3) is 0.636. The zero-order chi connectivity index (χ0) is 11.6. The Balaban J connectivity index is 2.00. The van der Waals surface area contributed by atoms with Crippen LogP contribution in [0, 0.1) is 6.92 Å². The summed E-state index contributed by atoms with van der Waals surface area (Å²) in [4.78, 5) is 8.39. The Morgan fingerprint density at radius 3 is 2.81 bits per heavy atom. The third-order valence-corrected chi connectivity index (χ3v) is 2.90. The van der Waals surface area contributed by atoms with Crippen LogP contribution in [0.3, 0.4) is 0 Å². The summed E-state index contributed by atoms with van der Waals surface area (Å²) in [5, 5.41) is 13.0. The summed E-state index contributed by atoms with van der Waals surface area (Å²) in [6, 6.07) is 1.77. The molecule has 16 heavy (non-hydrogen) atoms. The van der Waals surface area contributed by atoms with Crippen molar-refractivity contribution >= 4 is 5.95 Å². The Morgan fingerprint density at radius 2 is 2.25 bits per heavy atom. The zero-order valence-corrected chi connectivity index (χ0v) is 9.66. The molecule has 2 N–H and O–H groups in total. The molecule has 1 fully saturated rings. The van der Waals surface area contributed by atoms with Gasteiger partial charge in [0.2, 0.25) is 11.8 Å². The maximum Gasteiger partial charge on any atom is 0.226 e.